The van der Waals surface area contributed by atoms with Gasteiger partial charge in [-0.3, -0.25) is 0 Å². The standard InChI is InChI=1S/C6H10F3N/c7-6(8,9)3-1-5-2-4-10-5/h5,10H,1-4H2. The van der Waals surface area contributed by atoms with Crippen molar-refractivity contribution in [3.05, 3.63) is 0 Å². The van der Waals surface area contributed by atoms with Crippen molar-refractivity contribution in [3.63, 3.8) is 0 Å². The van der Waals surface area contributed by atoms with Crippen molar-refractivity contribution >= 4 is 0 Å². The lowest BCUT2D eigenvalue weighted by molar-refractivity contribution is -0.137. The molecular formula is C6H10F3N. The Balaban J connectivity index is 2.04. The maximum Gasteiger partial charge on any atom is 0.389 e. The van der Waals surface area contributed by atoms with Gasteiger partial charge in [-0.05, 0) is 19.4 Å². The van der Waals surface area contributed by atoms with Crippen molar-refractivity contribution < 1.29 is 13.2 Å². The van der Waals surface area contributed by atoms with Gasteiger partial charge in [0, 0.05) is 12.5 Å². The Bertz CT molecular complexity index is 106. The van der Waals surface area contributed by atoms with Crippen LogP contribution in [0.25, 0.3) is 0 Å². The smallest absolute Gasteiger partial charge is 0.314 e. The number of hydrogen-bond acceptors (Lipinski definition) is 1. The molecule has 1 unspecified atom stereocenters. The van der Waals surface area contributed by atoms with Crippen molar-refractivity contribution in [1.29, 1.82) is 0 Å². The summed E-state index contributed by atoms with van der Waals surface area (Å²) in [5.74, 6) is 0. The Kier molecular flexibility index (Phi) is 2.18. The predicted octanol–water partition coefficient (Wildman–Crippen LogP) is 1.69. The van der Waals surface area contributed by atoms with E-state index in [1.165, 1.54) is 0 Å². The first-order valence-electron chi connectivity index (χ1n) is 3.38. The van der Waals surface area contributed by atoms with Gasteiger partial charge in [-0.2, -0.15) is 13.2 Å². The van der Waals surface area contributed by atoms with Crippen molar-refractivity contribution in [1.82, 2.24) is 5.32 Å². The van der Waals surface area contributed by atoms with Crippen LogP contribution < -0.4 is 5.32 Å². The lowest BCUT2D eigenvalue weighted by Gasteiger charge is -2.27. The molecule has 0 aromatic heterocycles. The summed E-state index contributed by atoms with van der Waals surface area (Å²) in [5, 5.41) is 2.92. The van der Waals surface area contributed by atoms with Crippen LogP contribution in [-0.2, 0) is 0 Å². The van der Waals surface area contributed by atoms with Gasteiger partial charge in [0.2, 0.25) is 0 Å². The van der Waals surface area contributed by atoms with Gasteiger partial charge in [0.05, 0.1) is 0 Å². The highest BCUT2D eigenvalue weighted by atomic mass is 19.4. The van der Waals surface area contributed by atoms with Gasteiger partial charge in [0.15, 0.2) is 0 Å². The van der Waals surface area contributed by atoms with Gasteiger partial charge in [-0.15, -0.1) is 0 Å². The monoisotopic (exact) mass is 153 g/mol. The fourth-order valence-corrected chi connectivity index (χ4v) is 0.933. The summed E-state index contributed by atoms with van der Waals surface area (Å²) in [6.45, 7) is 0.878. The first kappa shape index (κ1) is 7.85. The van der Waals surface area contributed by atoms with Crippen LogP contribution in [0.2, 0.25) is 0 Å². The summed E-state index contributed by atoms with van der Waals surface area (Å²) in [6, 6.07) is 0.127. The summed E-state index contributed by atoms with van der Waals surface area (Å²) >= 11 is 0. The van der Waals surface area contributed by atoms with Crippen LogP contribution in [-0.4, -0.2) is 18.8 Å². The summed E-state index contributed by atoms with van der Waals surface area (Å²) in [7, 11) is 0. The van der Waals surface area contributed by atoms with E-state index in [0.29, 0.717) is 0 Å². The minimum atomic E-state index is -3.97. The van der Waals surface area contributed by atoms with Crippen LogP contribution in [0, 0.1) is 0 Å². The Hall–Kier alpha value is -0.250. The summed E-state index contributed by atoms with van der Waals surface area (Å²) in [4.78, 5) is 0. The van der Waals surface area contributed by atoms with Gasteiger partial charge in [-0.25, -0.2) is 0 Å². The zero-order valence-corrected chi connectivity index (χ0v) is 5.54. The van der Waals surface area contributed by atoms with Gasteiger partial charge >= 0.3 is 6.18 Å². The Labute approximate surface area is 57.6 Å². The largest absolute Gasteiger partial charge is 0.389 e. The Morgan fingerprint density at radius 2 is 2.00 bits per heavy atom. The minimum Gasteiger partial charge on any atom is -0.314 e. The van der Waals surface area contributed by atoms with Gasteiger partial charge in [0.1, 0.15) is 0 Å². The van der Waals surface area contributed by atoms with E-state index in [2.05, 4.69) is 5.32 Å². The molecule has 0 aliphatic carbocycles. The SMILES string of the molecule is FC(F)(F)CCC1CCN1. The summed E-state index contributed by atoms with van der Waals surface area (Å²) in [6.07, 6.45) is -3.48. The third kappa shape index (κ3) is 2.56. The molecule has 0 aromatic rings. The highest BCUT2D eigenvalue weighted by Crippen LogP contribution is 2.24. The van der Waals surface area contributed by atoms with E-state index in [4.69, 9.17) is 0 Å². The van der Waals surface area contributed by atoms with Crippen LogP contribution in [0.5, 0.6) is 0 Å². The zero-order valence-electron chi connectivity index (χ0n) is 5.54. The van der Waals surface area contributed by atoms with E-state index in [0.717, 1.165) is 13.0 Å². The van der Waals surface area contributed by atoms with Crippen LogP contribution in [0.15, 0.2) is 0 Å². The topological polar surface area (TPSA) is 12.0 Å². The number of nitrogens with one attached hydrogen (secondary N) is 1. The molecule has 1 saturated heterocycles. The normalized spacial score (nSPS) is 26.1. The molecule has 1 nitrogen and oxygen atoms in total. The molecule has 0 amide bonds. The van der Waals surface area contributed by atoms with E-state index in [-0.39, 0.29) is 12.5 Å². The third-order valence-electron chi connectivity index (χ3n) is 1.70. The molecule has 4 heteroatoms. The van der Waals surface area contributed by atoms with Crippen molar-refractivity contribution in [2.45, 2.75) is 31.5 Å². The molecule has 1 N–H and O–H groups in total. The quantitative estimate of drug-likeness (QED) is 0.636. The second-order valence-electron chi connectivity index (χ2n) is 2.59. The van der Waals surface area contributed by atoms with E-state index >= 15 is 0 Å². The maximum absolute atomic E-state index is 11.5. The number of rotatable bonds is 2. The lowest BCUT2D eigenvalue weighted by atomic mass is 10.0. The number of hydrogen-bond donors (Lipinski definition) is 1. The maximum atomic E-state index is 11.5. The molecule has 0 radical (unpaired) electrons. The molecular weight excluding hydrogens is 143 g/mol. The number of halogens is 3. The molecule has 1 rings (SSSR count). The first-order valence-corrected chi connectivity index (χ1v) is 3.38. The molecule has 1 atom stereocenters. The van der Waals surface area contributed by atoms with Crippen molar-refractivity contribution in [2.24, 2.45) is 0 Å². The van der Waals surface area contributed by atoms with E-state index in [1.54, 1.807) is 0 Å². The van der Waals surface area contributed by atoms with E-state index in [1.807, 2.05) is 0 Å². The van der Waals surface area contributed by atoms with E-state index < -0.39 is 12.6 Å². The van der Waals surface area contributed by atoms with Gasteiger partial charge < -0.3 is 5.32 Å². The number of alkyl halides is 3. The van der Waals surface area contributed by atoms with Crippen LogP contribution in [0.4, 0.5) is 13.2 Å². The Morgan fingerprint density at radius 1 is 1.40 bits per heavy atom. The average molecular weight is 153 g/mol. The molecule has 60 valence electrons. The molecule has 10 heavy (non-hydrogen) atoms. The molecule has 1 heterocycles. The molecule has 1 fully saturated rings. The molecule has 0 aromatic carbocycles. The fraction of sp³-hybridized carbons (Fsp3) is 1.00. The van der Waals surface area contributed by atoms with Crippen LogP contribution in [0.1, 0.15) is 19.3 Å². The first-order chi connectivity index (χ1) is 4.58. The second kappa shape index (κ2) is 2.78. The van der Waals surface area contributed by atoms with Gasteiger partial charge in [-0.1, -0.05) is 0 Å². The zero-order chi connectivity index (χ0) is 7.61. The highest BCUT2D eigenvalue weighted by Gasteiger charge is 2.29. The van der Waals surface area contributed by atoms with E-state index in [9.17, 15) is 13.2 Å². The molecule has 0 bridgehead atoms. The average Bonchev–Trinajstić information content (AvgIpc) is 1.56. The van der Waals surface area contributed by atoms with Crippen molar-refractivity contribution in [3.8, 4) is 0 Å². The summed E-state index contributed by atoms with van der Waals surface area (Å²) in [5.41, 5.74) is 0. The molecule has 1 aliphatic rings. The molecule has 0 saturated carbocycles. The van der Waals surface area contributed by atoms with Crippen LogP contribution >= 0.6 is 0 Å². The Morgan fingerprint density at radius 3 is 2.30 bits per heavy atom. The third-order valence-corrected chi connectivity index (χ3v) is 1.70. The van der Waals surface area contributed by atoms with Crippen LogP contribution in [0.3, 0.4) is 0 Å². The molecule has 1 aliphatic heterocycles. The van der Waals surface area contributed by atoms with Crippen molar-refractivity contribution in [2.75, 3.05) is 6.54 Å². The van der Waals surface area contributed by atoms with Gasteiger partial charge in [0.25, 0.3) is 0 Å². The predicted molar refractivity (Wildman–Crippen MR) is 31.7 cm³/mol. The fourth-order valence-electron chi connectivity index (χ4n) is 0.933. The second-order valence-corrected chi connectivity index (χ2v) is 2.59. The highest BCUT2D eigenvalue weighted by molar-refractivity contribution is 4.77. The lowest BCUT2D eigenvalue weighted by Crippen LogP contribution is -2.43. The summed E-state index contributed by atoms with van der Waals surface area (Å²) < 4.78 is 34.6. The molecule has 0 spiro atoms. The minimum absolute atomic E-state index is 0.127.